The molecule has 0 radical (unpaired) electrons. The maximum atomic E-state index is 13.4. The molecule has 1 fully saturated rings. The number of rotatable bonds is 5. The van der Waals surface area contributed by atoms with Gasteiger partial charge in [-0.25, -0.2) is 19.3 Å². The first-order valence-electron chi connectivity index (χ1n) is 9.26. The summed E-state index contributed by atoms with van der Waals surface area (Å²) >= 11 is 5.85. The number of nitrogens with one attached hydrogen (secondary N) is 3. The molecule has 3 aromatic rings. The Morgan fingerprint density at radius 2 is 1.86 bits per heavy atom. The third-order valence-corrected chi connectivity index (χ3v) is 5.33. The second-order valence-electron chi connectivity index (χ2n) is 6.89. The topological polar surface area (TPSA) is 87.7 Å². The van der Waals surface area contributed by atoms with Gasteiger partial charge in [-0.05, 0) is 50.9 Å². The monoisotopic (exact) mass is 401 g/mol. The van der Waals surface area contributed by atoms with E-state index in [4.69, 9.17) is 11.6 Å². The van der Waals surface area contributed by atoms with Gasteiger partial charge in [0.1, 0.15) is 18.0 Å². The van der Waals surface area contributed by atoms with E-state index >= 15 is 0 Å². The van der Waals surface area contributed by atoms with Crippen molar-refractivity contribution < 1.29 is 4.39 Å². The number of aromatic nitrogens is 4. The normalized spacial score (nSPS) is 19.5. The van der Waals surface area contributed by atoms with E-state index in [1.165, 1.54) is 18.5 Å². The molecular formula is C19H21ClFN7. The highest BCUT2D eigenvalue weighted by Gasteiger charge is 2.20. The number of hydrogen-bond acceptors (Lipinski definition) is 7. The summed E-state index contributed by atoms with van der Waals surface area (Å²) in [5.41, 5.74) is 1.15. The van der Waals surface area contributed by atoms with Crippen molar-refractivity contribution >= 4 is 40.1 Å². The summed E-state index contributed by atoms with van der Waals surface area (Å²) in [7, 11) is 2.01. The van der Waals surface area contributed by atoms with E-state index in [-0.39, 0.29) is 5.02 Å². The second-order valence-corrected chi connectivity index (χ2v) is 7.30. The van der Waals surface area contributed by atoms with Crippen molar-refractivity contribution in [2.75, 3.05) is 17.7 Å². The Morgan fingerprint density at radius 1 is 1.07 bits per heavy atom. The average molecular weight is 402 g/mol. The molecule has 0 unspecified atom stereocenters. The molecule has 1 aliphatic rings. The molecule has 0 atom stereocenters. The molecule has 7 nitrogen and oxygen atoms in total. The van der Waals surface area contributed by atoms with Crippen molar-refractivity contribution in [3.63, 3.8) is 0 Å². The first kappa shape index (κ1) is 18.8. The van der Waals surface area contributed by atoms with Crippen LogP contribution in [0.2, 0.25) is 5.02 Å². The average Bonchev–Trinajstić information content (AvgIpc) is 2.71. The fourth-order valence-corrected chi connectivity index (χ4v) is 3.62. The summed E-state index contributed by atoms with van der Waals surface area (Å²) in [5.74, 6) is 0.631. The number of hydrogen-bond donors (Lipinski definition) is 3. The highest BCUT2D eigenvalue weighted by atomic mass is 35.5. The summed E-state index contributed by atoms with van der Waals surface area (Å²) in [6.07, 6.45) is 7.56. The van der Waals surface area contributed by atoms with Gasteiger partial charge in [-0.3, -0.25) is 0 Å². The quantitative estimate of drug-likeness (QED) is 0.597. The Balaban J connectivity index is 1.52. The highest BCUT2D eigenvalue weighted by molar-refractivity contribution is 6.31. The molecule has 1 saturated carbocycles. The zero-order valence-electron chi connectivity index (χ0n) is 15.4. The number of fused-ring (bicyclic) bond motifs is 1. The molecular weight excluding hydrogens is 381 g/mol. The molecule has 9 heteroatoms. The van der Waals surface area contributed by atoms with Crippen molar-refractivity contribution in [2.24, 2.45) is 0 Å². The van der Waals surface area contributed by atoms with Gasteiger partial charge in [0.15, 0.2) is 5.65 Å². The van der Waals surface area contributed by atoms with Gasteiger partial charge in [0.2, 0.25) is 5.95 Å². The van der Waals surface area contributed by atoms with Crippen LogP contribution in [0.25, 0.3) is 11.0 Å². The molecule has 2 heterocycles. The smallest absolute Gasteiger partial charge is 0.224 e. The van der Waals surface area contributed by atoms with Crippen LogP contribution in [-0.2, 0) is 0 Å². The van der Waals surface area contributed by atoms with Crippen molar-refractivity contribution in [1.29, 1.82) is 0 Å². The third kappa shape index (κ3) is 4.13. The van der Waals surface area contributed by atoms with Gasteiger partial charge >= 0.3 is 0 Å². The lowest BCUT2D eigenvalue weighted by atomic mass is 9.91. The Bertz CT molecular complexity index is 976. The molecule has 0 amide bonds. The van der Waals surface area contributed by atoms with Crippen LogP contribution in [0.4, 0.5) is 21.8 Å². The van der Waals surface area contributed by atoms with Crippen molar-refractivity contribution in [3.05, 3.63) is 41.6 Å². The molecule has 0 aliphatic heterocycles. The van der Waals surface area contributed by atoms with E-state index < -0.39 is 5.82 Å². The molecule has 0 saturated heterocycles. The summed E-state index contributed by atoms with van der Waals surface area (Å²) in [6.45, 7) is 0. The van der Waals surface area contributed by atoms with E-state index in [0.717, 1.165) is 25.7 Å². The Labute approximate surface area is 167 Å². The summed E-state index contributed by atoms with van der Waals surface area (Å²) in [5, 5.41) is 10.6. The lowest BCUT2D eigenvalue weighted by molar-refractivity contribution is 0.370. The summed E-state index contributed by atoms with van der Waals surface area (Å²) in [4.78, 5) is 17.5. The van der Waals surface area contributed by atoms with Crippen LogP contribution in [-0.4, -0.2) is 39.1 Å². The molecule has 28 heavy (non-hydrogen) atoms. The molecule has 4 rings (SSSR count). The number of halogens is 2. The van der Waals surface area contributed by atoms with Gasteiger partial charge in [0, 0.05) is 24.0 Å². The molecule has 1 aliphatic carbocycles. The van der Waals surface area contributed by atoms with Crippen LogP contribution in [0.3, 0.4) is 0 Å². The van der Waals surface area contributed by atoms with Crippen LogP contribution in [0.15, 0.2) is 30.7 Å². The minimum Gasteiger partial charge on any atom is -0.351 e. The lowest BCUT2D eigenvalue weighted by Gasteiger charge is -2.28. The van der Waals surface area contributed by atoms with E-state index in [0.29, 0.717) is 40.6 Å². The summed E-state index contributed by atoms with van der Waals surface area (Å²) in [6, 6.07) is 5.35. The third-order valence-electron chi connectivity index (χ3n) is 5.04. The second kappa shape index (κ2) is 8.20. The minimum absolute atomic E-state index is 0.0408. The number of benzene rings is 1. The molecule has 0 spiro atoms. The van der Waals surface area contributed by atoms with Crippen LogP contribution >= 0.6 is 11.6 Å². The van der Waals surface area contributed by atoms with Crippen LogP contribution < -0.4 is 16.0 Å². The molecule has 146 valence electrons. The summed E-state index contributed by atoms with van der Waals surface area (Å²) < 4.78 is 13.4. The van der Waals surface area contributed by atoms with E-state index in [1.54, 1.807) is 12.3 Å². The highest BCUT2D eigenvalue weighted by Crippen LogP contribution is 2.26. The molecule has 3 N–H and O–H groups in total. The Kier molecular flexibility index (Phi) is 5.50. The van der Waals surface area contributed by atoms with Gasteiger partial charge in [-0.15, -0.1) is 0 Å². The number of nitrogens with zero attached hydrogens (tertiary/aromatic N) is 4. The lowest BCUT2D eigenvalue weighted by Crippen LogP contribution is -2.35. The van der Waals surface area contributed by atoms with Gasteiger partial charge in [-0.1, -0.05) is 11.6 Å². The van der Waals surface area contributed by atoms with Crippen molar-refractivity contribution in [3.8, 4) is 0 Å². The predicted molar refractivity (Wildman–Crippen MR) is 109 cm³/mol. The van der Waals surface area contributed by atoms with E-state index in [9.17, 15) is 4.39 Å². The van der Waals surface area contributed by atoms with E-state index in [2.05, 4.69) is 35.9 Å². The Morgan fingerprint density at radius 3 is 2.61 bits per heavy atom. The van der Waals surface area contributed by atoms with Crippen molar-refractivity contribution in [2.45, 2.75) is 37.8 Å². The fourth-order valence-electron chi connectivity index (χ4n) is 3.44. The zero-order valence-corrected chi connectivity index (χ0v) is 16.2. The molecule has 1 aromatic carbocycles. The molecule has 2 aromatic heterocycles. The van der Waals surface area contributed by atoms with Gasteiger partial charge < -0.3 is 16.0 Å². The van der Waals surface area contributed by atoms with Crippen LogP contribution in [0, 0.1) is 5.82 Å². The van der Waals surface area contributed by atoms with E-state index in [1.807, 2.05) is 7.05 Å². The zero-order chi connectivity index (χ0) is 19.5. The first-order valence-corrected chi connectivity index (χ1v) is 9.64. The van der Waals surface area contributed by atoms with Crippen LogP contribution in [0.5, 0.6) is 0 Å². The standard InChI is InChI=1S/C19H21ClFN7/c1-22-11-2-4-12(5-3-11)27-19-23-9-14-17(24-10-25-18(14)28-19)26-13-6-7-16(21)15(20)8-13/h6-12,22H,2-5H2,1H3,(H2,23,24,25,26,27,28). The first-order chi connectivity index (χ1) is 13.6. The minimum atomic E-state index is -0.470. The molecule has 0 bridgehead atoms. The fraction of sp³-hybridized carbons (Fsp3) is 0.368. The SMILES string of the molecule is CNC1CCC(Nc2ncc3c(Nc4ccc(F)c(Cl)c4)ncnc3n2)CC1. The van der Waals surface area contributed by atoms with Gasteiger partial charge in [0.25, 0.3) is 0 Å². The van der Waals surface area contributed by atoms with Crippen molar-refractivity contribution in [1.82, 2.24) is 25.3 Å². The van der Waals surface area contributed by atoms with Gasteiger partial charge in [-0.2, -0.15) is 4.98 Å². The van der Waals surface area contributed by atoms with Gasteiger partial charge in [0.05, 0.1) is 10.4 Å². The number of anilines is 3. The largest absolute Gasteiger partial charge is 0.351 e. The van der Waals surface area contributed by atoms with Crippen LogP contribution in [0.1, 0.15) is 25.7 Å². The maximum Gasteiger partial charge on any atom is 0.224 e. The predicted octanol–water partition coefficient (Wildman–Crippen LogP) is 3.90. The maximum absolute atomic E-state index is 13.4. The Hall–Kier alpha value is -2.58.